The lowest BCUT2D eigenvalue weighted by Crippen LogP contribution is -2.37. The summed E-state index contributed by atoms with van der Waals surface area (Å²) in [5, 5.41) is 22.7. The predicted octanol–water partition coefficient (Wildman–Crippen LogP) is 6.61. The van der Waals surface area contributed by atoms with E-state index in [-0.39, 0.29) is 23.7 Å². The van der Waals surface area contributed by atoms with E-state index in [1.54, 1.807) is 43.3 Å². The molecule has 1 unspecified atom stereocenters. The number of rotatable bonds is 10. The summed E-state index contributed by atoms with van der Waals surface area (Å²) in [7, 11) is 0. The molecule has 1 aliphatic carbocycles. The van der Waals surface area contributed by atoms with Crippen molar-refractivity contribution >= 4 is 28.5 Å². The fraction of sp³-hybridized carbons (Fsp3) is 0.344. The standard InChI is InChI=1S/C32H35ClFN3O3/c1-4-25-22(17-20(3)33)8-6-9-26(25)37-31(38)23-13-16-27-29(18-23)35-28(10-5-7-19(2)32(39)40)30(36-27)21-11-14-24(34)15-12-21/h4,11-19,26,32,39-40H,1,5-10H2,2-3H3,(H,37,38)/b20-17+/t19-,26?/m0/s1. The molecule has 0 spiro atoms. The minimum atomic E-state index is -1.38. The maximum absolute atomic E-state index is 13.6. The van der Waals surface area contributed by atoms with Crippen molar-refractivity contribution in [2.75, 3.05) is 0 Å². The summed E-state index contributed by atoms with van der Waals surface area (Å²) in [6, 6.07) is 11.2. The fourth-order valence-corrected chi connectivity index (χ4v) is 5.20. The minimum absolute atomic E-state index is 0.164. The van der Waals surface area contributed by atoms with Crippen molar-refractivity contribution < 1.29 is 19.4 Å². The minimum Gasteiger partial charge on any atom is -0.368 e. The topological polar surface area (TPSA) is 95.3 Å². The highest BCUT2D eigenvalue weighted by Crippen LogP contribution is 2.29. The molecular weight excluding hydrogens is 529 g/mol. The number of hydrogen-bond donors (Lipinski definition) is 3. The van der Waals surface area contributed by atoms with E-state index < -0.39 is 6.29 Å². The van der Waals surface area contributed by atoms with E-state index in [1.807, 2.05) is 13.0 Å². The van der Waals surface area contributed by atoms with Gasteiger partial charge in [0.1, 0.15) is 5.82 Å². The Balaban J connectivity index is 1.64. The highest BCUT2D eigenvalue weighted by atomic mass is 35.5. The number of aromatic nitrogens is 2. The van der Waals surface area contributed by atoms with Crippen molar-refractivity contribution in [2.45, 2.75) is 64.7 Å². The summed E-state index contributed by atoms with van der Waals surface area (Å²) >= 11 is 6.12. The van der Waals surface area contributed by atoms with Gasteiger partial charge >= 0.3 is 0 Å². The monoisotopic (exact) mass is 563 g/mol. The lowest BCUT2D eigenvalue weighted by molar-refractivity contribution is -0.0806. The van der Waals surface area contributed by atoms with Gasteiger partial charge in [-0.3, -0.25) is 4.79 Å². The number of carbonyl (C=O) groups excluding carboxylic acids is 1. The molecular formula is C32H35ClFN3O3. The number of hydrogen-bond acceptors (Lipinski definition) is 5. The third-order valence-corrected chi connectivity index (χ3v) is 7.39. The lowest BCUT2D eigenvalue weighted by atomic mass is 9.87. The molecule has 1 aromatic heterocycles. The normalized spacial score (nSPS) is 16.9. The van der Waals surface area contributed by atoms with Crippen molar-refractivity contribution in [2.24, 2.45) is 5.92 Å². The second-order valence-corrected chi connectivity index (χ2v) is 10.9. The van der Waals surface area contributed by atoms with Crippen LogP contribution in [-0.4, -0.2) is 38.4 Å². The summed E-state index contributed by atoms with van der Waals surface area (Å²) in [5.41, 5.74) is 5.81. The molecule has 4 rings (SSSR count). The molecule has 40 heavy (non-hydrogen) atoms. The summed E-state index contributed by atoms with van der Waals surface area (Å²) < 4.78 is 13.6. The predicted molar refractivity (Wildman–Crippen MR) is 157 cm³/mol. The number of allylic oxidation sites excluding steroid dienone is 3. The molecule has 210 valence electrons. The maximum atomic E-state index is 13.6. The first kappa shape index (κ1) is 29.6. The summed E-state index contributed by atoms with van der Waals surface area (Å²) in [4.78, 5) is 23.0. The van der Waals surface area contributed by atoms with Gasteiger partial charge in [-0.05, 0) is 105 Å². The van der Waals surface area contributed by atoms with Gasteiger partial charge in [0.05, 0.1) is 28.5 Å². The van der Waals surface area contributed by atoms with Crippen LogP contribution in [0.3, 0.4) is 0 Å². The number of fused-ring (bicyclic) bond motifs is 1. The summed E-state index contributed by atoms with van der Waals surface area (Å²) in [6.07, 6.45) is 6.76. The van der Waals surface area contributed by atoms with Crippen molar-refractivity contribution in [3.63, 3.8) is 0 Å². The van der Waals surface area contributed by atoms with E-state index in [0.29, 0.717) is 52.3 Å². The molecule has 6 nitrogen and oxygen atoms in total. The van der Waals surface area contributed by atoms with Crippen LogP contribution in [0.2, 0.25) is 0 Å². The molecule has 3 N–H and O–H groups in total. The van der Waals surface area contributed by atoms with E-state index in [0.717, 1.165) is 36.0 Å². The first-order valence-corrected chi connectivity index (χ1v) is 14.0. The number of aliphatic hydroxyl groups excluding tert-OH is 1. The number of benzene rings is 2. The van der Waals surface area contributed by atoms with Crippen molar-refractivity contribution in [1.29, 1.82) is 0 Å². The Bertz CT molecular complexity index is 1450. The van der Waals surface area contributed by atoms with Crippen molar-refractivity contribution in [3.05, 3.63) is 94.4 Å². The molecule has 2 aromatic carbocycles. The van der Waals surface area contributed by atoms with E-state index in [2.05, 4.69) is 11.9 Å². The van der Waals surface area contributed by atoms with E-state index >= 15 is 0 Å². The number of carbonyl (C=O) groups is 1. The van der Waals surface area contributed by atoms with E-state index in [1.165, 1.54) is 12.1 Å². The lowest BCUT2D eigenvalue weighted by Gasteiger charge is -2.27. The SMILES string of the molecule is C=CC1=C(/C=C(\C)Cl)CCCC1NC(=O)c1ccc2nc(-c3ccc(F)cc3)c(CCC[C@H](C)C(O)O)nc2c1. The van der Waals surface area contributed by atoms with E-state index in [9.17, 15) is 19.4 Å². The Morgan fingerprint density at radius 2 is 1.95 bits per heavy atom. The molecule has 0 aliphatic heterocycles. The molecule has 8 heteroatoms. The van der Waals surface area contributed by atoms with Gasteiger partial charge in [-0.15, -0.1) is 0 Å². The van der Waals surface area contributed by atoms with Crippen LogP contribution in [-0.2, 0) is 6.42 Å². The Morgan fingerprint density at radius 1 is 1.20 bits per heavy atom. The maximum Gasteiger partial charge on any atom is 0.251 e. The second-order valence-electron chi connectivity index (χ2n) is 10.3. The van der Waals surface area contributed by atoms with Gasteiger partial charge < -0.3 is 15.5 Å². The zero-order valence-corrected chi connectivity index (χ0v) is 23.6. The van der Waals surface area contributed by atoms with Crippen molar-refractivity contribution in [1.82, 2.24) is 15.3 Å². The Kier molecular flexibility index (Phi) is 9.85. The molecule has 3 aromatic rings. The number of nitrogens with one attached hydrogen (secondary N) is 1. The quantitative estimate of drug-likeness (QED) is 0.241. The highest BCUT2D eigenvalue weighted by Gasteiger charge is 2.23. The van der Waals surface area contributed by atoms with Gasteiger partial charge in [0.2, 0.25) is 0 Å². The second kappa shape index (κ2) is 13.3. The first-order chi connectivity index (χ1) is 19.2. The molecule has 0 saturated heterocycles. The van der Waals surface area contributed by atoms with Gasteiger partial charge in [0.25, 0.3) is 5.91 Å². The average molecular weight is 564 g/mol. The highest BCUT2D eigenvalue weighted by molar-refractivity contribution is 6.29. The largest absolute Gasteiger partial charge is 0.368 e. The number of aliphatic hydroxyl groups is 2. The van der Waals surface area contributed by atoms with Crippen LogP contribution in [0.25, 0.3) is 22.3 Å². The molecule has 0 bridgehead atoms. The van der Waals surface area contributed by atoms with Gasteiger partial charge in [-0.25, -0.2) is 14.4 Å². The molecule has 1 heterocycles. The summed E-state index contributed by atoms with van der Waals surface area (Å²) in [5.74, 6) is -0.832. The third kappa shape index (κ3) is 7.22. The van der Waals surface area contributed by atoms with Gasteiger partial charge in [-0.2, -0.15) is 0 Å². The zero-order valence-electron chi connectivity index (χ0n) is 22.8. The van der Waals surface area contributed by atoms with Gasteiger partial charge in [0, 0.05) is 22.1 Å². The smallest absolute Gasteiger partial charge is 0.251 e. The molecule has 0 fully saturated rings. The number of aryl methyl sites for hydroxylation is 1. The van der Waals surface area contributed by atoms with Crippen LogP contribution >= 0.6 is 11.6 Å². The van der Waals surface area contributed by atoms with Crippen LogP contribution in [0.1, 0.15) is 62.0 Å². The Labute approximate surface area is 239 Å². The first-order valence-electron chi connectivity index (χ1n) is 13.6. The molecule has 1 aliphatic rings. The number of amides is 1. The third-order valence-electron chi connectivity index (χ3n) is 7.28. The number of nitrogens with zero attached hydrogens (tertiary/aromatic N) is 2. The van der Waals surface area contributed by atoms with Crippen molar-refractivity contribution in [3.8, 4) is 11.3 Å². The molecule has 1 amide bonds. The van der Waals surface area contributed by atoms with Crippen LogP contribution < -0.4 is 5.32 Å². The van der Waals surface area contributed by atoms with E-state index in [4.69, 9.17) is 21.6 Å². The van der Waals surface area contributed by atoms with Crippen LogP contribution in [0.15, 0.2) is 77.4 Å². The van der Waals surface area contributed by atoms with Gasteiger partial charge in [0.15, 0.2) is 6.29 Å². The Morgan fingerprint density at radius 3 is 2.62 bits per heavy atom. The zero-order chi connectivity index (χ0) is 28.8. The van der Waals surface area contributed by atoms with Gasteiger partial charge in [-0.1, -0.05) is 31.2 Å². The molecule has 0 saturated carbocycles. The Hall–Kier alpha value is -3.39. The molecule has 2 atom stereocenters. The molecule has 0 radical (unpaired) electrons. The van der Waals surface area contributed by atoms with Crippen LogP contribution in [0, 0.1) is 11.7 Å². The van der Waals surface area contributed by atoms with Crippen LogP contribution in [0.4, 0.5) is 4.39 Å². The van der Waals surface area contributed by atoms with Crippen LogP contribution in [0.5, 0.6) is 0 Å². The number of halogens is 2. The average Bonchev–Trinajstić information content (AvgIpc) is 2.92. The summed E-state index contributed by atoms with van der Waals surface area (Å²) in [6.45, 7) is 7.57. The fourth-order valence-electron chi connectivity index (χ4n) is 5.07.